The molecule has 1 unspecified atom stereocenters. The van der Waals surface area contributed by atoms with Gasteiger partial charge >= 0.3 is 0 Å². The minimum absolute atomic E-state index is 0.371. The van der Waals surface area contributed by atoms with Gasteiger partial charge < -0.3 is 9.30 Å². The standard InChI is InChI=1S/C20H23N5O/c1-24-11-9-22-19(24)15-25-10-5-6-16(14-25)18-12-21-13-20(23-18)26-17-7-3-2-4-8-17/h2-4,7-9,11-13,16H,5-6,10,14-15H2,1H3. The maximum absolute atomic E-state index is 5.84. The van der Waals surface area contributed by atoms with Crippen LogP contribution in [-0.4, -0.2) is 37.5 Å². The third-order valence-corrected chi connectivity index (χ3v) is 4.81. The summed E-state index contributed by atoms with van der Waals surface area (Å²) >= 11 is 0. The summed E-state index contributed by atoms with van der Waals surface area (Å²) < 4.78 is 7.92. The molecule has 0 N–H and O–H groups in total. The van der Waals surface area contributed by atoms with Crippen molar-refractivity contribution < 1.29 is 4.74 Å². The monoisotopic (exact) mass is 349 g/mol. The molecule has 1 saturated heterocycles. The molecule has 0 bridgehead atoms. The second kappa shape index (κ2) is 7.66. The van der Waals surface area contributed by atoms with E-state index < -0.39 is 0 Å². The maximum atomic E-state index is 5.84. The molecule has 3 heterocycles. The third-order valence-electron chi connectivity index (χ3n) is 4.81. The number of likely N-dealkylation sites (tertiary alicyclic amines) is 1. The Labute approximate surface area is 153 Å². The van der Waals surface area contributed by atoms with Crippen molar-refractivity contribution in [2.24, 2.45) is 7.05 Å². The zero-order valence-corrected chi connectivity index (χ0v) is 15.0. The smallest absolute Gasteiger partial charge is 0.238 e. The van der Waals surface area contributed by atoms with Crippen molar-refractivity contribution in [3.8, 4) is 11.6 Å². The molecule has 0 amide bonds. The van der Waals surface area contributed by atoms with Crippen molar-refractivity contribution in [2.45, 2.75) is 25.3 Å². The molecule has 1 aliphatic heterocycles. The molecule has 0 radical (unpaired) electrons. The van der Waals surface area contributed by atoms with Crippen molar-refractivity contribution in [1.29, 1.82) is 0 Å². The minimum atomic E-state index is 0.371. The Hall–Kier alpha value is -2.73. The number of benzene rings is 1. The highest BCUT2D eigenvalue weighted by molar-refractivity contribution is 5.26. The normalized spacial score (nSPS) is 18.0. The number of aromatic nitrogens is 4. The van der Waals surface area contributed by atoms with Crippen molar-refractivity contribution in [3.63, 3.8) is 0 Å². The fraction of sp³-hybridized carbons (Fsp3) is 0.350. The van der Waals surface area contributed by atoms with Crippen LogP contribution in [0.1, 0.15) is 30.3 Å². The molecule has 2 aromatic heterocycles. The van der Waals surface area contributed by atoms with Gasteiger partial charge in [-0.2, -0.15) is 0 Å². The summed E-state index contributed by atoms with van der Waals surface area (Å²) in [7, 11) is 2.04. The lowest BCUT2D eigenvalue weighted by molar-refractivity contribution is 0.192. The van der Waals surface area contributed by atoms with Gasteiger partial charge in [-0.1, -0.05) is 18.2 Å². The number of nitrogens with zero attached hydrogens (tertiary/aromatic N) is 5. The Bertz CT molecular complexity index is 848. The van der Waals surface area contributed by atoms with Gasteiger partial charge in [0.25, 0.3) is 0 Å². The second-order valence-corrected chi connectivity index (χ2v) is 6.73. The highest BCUT2D eigenvalue weighted by atomic mass is 16.5. The molecule has 1 fully saturated rings. The van der Waals surface area contributed by atoms with Gasteiger partial charge in [0.2, 0.25) is 5.88 Å². The van der Waals surface area contributed by atoms with E-state index in [9.17, 15) is 0 Å². The first-order valence-corrected chi connectivity index (χ1v) is 9.01. The molecule has 6 nitrogen and oxygen atoms in total. The zero-order chi connectivity index (χ0) is 17.8. The summed E-state index contributed by atoms with van der Waals surface area (Å²) in [5, 5.41) is 0. The molecule has 4 rings (SSSR count). The van der Waals surface area contributed by atoms with E-state index in [4.69, 9.17) is 9.72 Å². The number of imidazole rings is 1. The first-order chi connectivity index (χ1) is 12.8. The van der Waals surface area contributed by atoms with Gasteiger partial charge in [0.15, 0.2) is 0 Å². The summed E-state index contributed by atoms with van der Waals surface area (Å²) in [5.41, 5.74) is 1.00. The van der Waals surface area contributed by atoms with Crippen LogP contribution in [0.3, 0.4) is 0 Å². The van der Waals surface area contributed by atoms with Gasteiger partial charge in [0.1, 0.15) is 11.6 Å². The number of piperidine rings is 1. The van der Waals surface area contributed by atoms with Gasteiger partial charge in [-0.05, 0) is 31.5 Å². The van der Waals surface area contributed by atoms with E-state index in [-0.39, 0.29) is 0 Å². The van der Waals surface area contributed by atoms with E-state index in [1.165, 1.54) is 0 Å². The van der Waals surface area contributed by atoms with Crippen molar-refractivity contribution in [2.75, 3.05) is 13.1 Å². The summed E-state index contributed by atoms with van der Waals surface area (Å²) in [5.74, 6) is 2.79. The Morgan fingerprint density at radius 2 is 2.08 bits per heavy atom. The number of hydrogen-bond acceptors (Lipinski definition) is 5. The van der Waals surface area contributed by atoms with Crippen molar-refractivity contribution in [3.05, 3.63) is 66.6 Å². The lowest BCUT2D eigenvalue weighted by Gasteiger charge is -2.32. The third kappa shape index (κ3) is 3.91. The predicted octanol–water partition coefficient (Wildman–Crippen LogP) is 3.38. The molecule has 0 spiro atoms. The van der Waals surface area contributed by atoms with Crippen LogP contribution in [0.5, 0.6) is 11.6 Å². The fourth-order valence-electron chi connectivity index (χ4n) is 3.41. The Morgan fingerprint density at radius 1 is 1.19 bits per heavy atom. The molecular formula is C20H23N5O. The van der Waals surface area contributed by atoms with E-state index >= 15 is 0 Å². The molecule has 6 heteroatoms. The molecule has 0 aliphatic carbocycles. The fourth-order valence-corrected chi connectivity index (χ4v) is 3.41. The SMILES string of the molecule is Cn1ccnc1CN1CCCC(c2cncc(Oc3ccccc3)n2)C1. The van der Waals surface area contributed by atoms with Gasteiger partial charge in [-0.3, -0.25) is 9.88 Å². The summed E-state index contributed by atoms with van der Waals surface area (Å²) in [6.07, 6.45) is 9.66. The maximum Gasteiger partial charge on any atom is 0.238 e. The van der Waals surface area contributed by atoms with E-state index in [0.717, 1.165) is 49.7 Å². The first kappa shape index (κ1) is 16.7. The van der Waals surface area contributed by atoms with Crippen molar-refractivity contribution >= 4 is 0 Å². The largest absolute Gasteiger partial charge is 0.437 e. The van der Waals surface area contributed by atoms with Gasteiger partial charge in [0, 0.05) is 38.1 Å². The first-order valence-electron chi connectivity index (χ1n) is 9.01. The van der Waals surface area contributed by atoms with Crippen LogP contribution >= 0.6 is 0 Å². The number of para-hydroxylation sites is 1. The number of hydrogen-bond donors (Lipinski definition) is 0. The highest BCUT2D eigenvalue weighted by Crippen LogP contribution is 2.28. The Balaban J connectivity index is 1.45. The van der Waals surface area contributed by atoms with Crippen LogP contribution < -0.4 is 4.74 Å². The lowest BCUT2D eigenvalue weighted by atomic mass is 9.95. The van der Waals surface area contributed by atoms with Gasteiger partial charge in [-0.15, -0.1) is 0 Å². The van der Waals surface area contributed by atoms with Crippen LogP contribution in [0.4, 0.5) is 0 Å². The zero-order valence-electron chi connectivity index (χ0n) is 15.0. The number of rotatable bonds is 5. The van der Waals surface area contributed by atoms with Crippen LogP contribution in [0, 0.1) is 0 Å². The van der Waals surface area contributed by atoms with E-state index in [1.807, 2.05) is 56.0 Å². The highest BCUT2D eigenvalue weighted by Gasteiger charge is 2.24. The summed E-state index contributed by atoms with van der Waals surface area (Å²) in [4.78, 5) is 15.9. The Morgan fingerprint density at radius 3 is 2.88 bits per heavy atom. The minimum Gasteiger partial charge on any atom is -0.437 e. The van der Waals surface area contributed by atoms with Crippen molar-refractivity contribution in [1.82, 2.24) is 24.4 Å². The molecule has 3 aromatic rings. The molecule has 134 valence electrons. The van der Waals surface area contributed by atoms with Gasteiger partial charge in [0.05, 0.1) is 18.4 Å². The molecular weight excluding hydrogens is 326 g/mol. The van der Waals surface area contributed by atoms with E-state index in [0.29, 0.717) is 11.8 Å². The number of ether oxygens (including phenoxy) is 1. The second-order valence-electron chi connectivity index (χ2n) is 6.73. The van der Waals surface area contributed by atoms with Crippen LogP contribution in [0.2, 0.25) is 0 Å². The predicted molar refractivity (Wildman–Crippen MR) is 99.0 cm³/mol. The summed E-state index contributed by atoms with van der Waals surface area (Å²) in [6, 6.07) is 9.70. The van der Waals surface area contributed by atoms with E-state index in [1.54, 1.807) is 6.20 Å². The molecule has 1 atom stereocenters. The molecule has 0 saturated carbocycles. The molecule has 1 aromatic carbocycles. The number of aryl methyl sites for hydroxylation is 1. The molecule has 1 aliphatic rings. The van der Waals surface area contributed by atoms with Gasteiger partial charge in [-0.25, -0.2) is 9.97 Å². The molecule has 26 heavy (non-hydrogen) atoms. The quantitative estimate of drug-likeness (QED) is 0.707. The average Bonchev–Trinajstić information content (AvgIpc) is 3.08. The van der Waals surface area contributed by atoms with E-state index in [2.05, 4.69) is 19.4 Å². The average molecular weight is 349 g/mol. The lowest BCUT2D eigenvalue weighted by Crippen LogP contribution is -2.35. The Kier molecular flexibility index (Phi) is 4.93. The summed E-state index contributed by atoms with van der Waals surface area (Å²) in [6.45, 7) is 2.93. The van der Waals surface area contributed by atoms with Crippen LogP contribution in [0.25, 0.3) is 0 Å². The van der Waals surface area contributed by atoms with Crippen LogP contribution in [0.15, 0.2) is 55.1 Å². The topological polar surface area (TPSA) is 56.1 Å². The van der Waals surface area contributed by atoms with Crippen LogP contribution in [-0.2, 0) is 13.6 Å².